The Kier molecular flexibility index (Phi) is 8.23. The minimum absolute atomic E-state index is 0.0178. The molecule has 0 N–H and O–H groups in total. The van der Waals surface area contributed by atoms with Gasteiger partial charge in [0.05, 0.1) is 31.3 Å². The van der Waals surface area contributed by atoms with Gasteiger partial charge in [0.15, 0.2) is 11.5 Å². The van der Waals surface area contributed by atoms with Crippen molar-refractivity contribution in [2.45, 2.75) is 32.8 Å². The van der Waals surface area contributed by atoms with Gasteiger partial charge >= 0.3 is 0 Å². The molecule has 1 aromatic heterocycles. The molecule has 1 atom stereocenters. The van der Waals surface area contributed by atoms with Crippen LogP contribution in [0.1, 0.15) is 43.1 Å². The lowest BCUT2D eigenvalue weighted by molar-refractivity contribution is 0.266. The SMILES string of the molecule is CC[C@@H](C)c1nc2ccc(Br)cc2c(=O)n1N=Cc1cc(OC)c(OCc2ccc(F)cc2)c(OC)c1. The van der Waals surface area contributed by atoms with Gasteiger partial charge in [-0.15, -0.1) is 0 Å². The molecule has 37 heavy (non-hydrogen) atoms. The molecule has 7 nitrogen and oxygen atoms in total. The Bertz CT molecular complexity index is 1480. The number of hydrogen-bond acceptors (Lipinski definition) is 6. The van der Waals surface area contributed by atoms with Crippen LogP contribution in [-0.4, -0.2) is 30.1 Å². The summed E-state index contributed by atoms with van der Waals surface area (Å²) >= 11 is 3.43. The first kappa shape index (κ1) is 26.3. The Morgan fingerprint density at radius 2 is 1.76 bits per heavy atom. The smallest absolute Gasteiger partial charge is 0.282 e. The van der Waals surface area contributed by atoms with Crippen molar-refractivity contribution < 1.29 is 18.6 Å². The molecule has 0 aliphatic heterocycles. The minimum Gasteiger partial charge on any atom is -0.493 e. The Morgan fingerprint density at radius 1 is 1.08 bits per heavy atom. The Balaban J connectivity index is 1.72. The molecule has 0 unspecified atom stereocenters. The van der Waals surface area contributed by atoms with Crippen LogP contribution in [0, 0.1) is 5.82 Å². The standard InChI is InChI=1S/C28H27BrFN3O4/c1-5-17(2)27-32-23-11-8-20(29)14-22(23)28(34)33(27)31-15-19-12-24(35-3)26(25(13-19)36-4)37-16-18-6-9-21(30)10-7-18/h6-15,17H,5,16H2,1-4H3/t17-/m1/s1. The van der Waals surface area contributed by atoms with Crippen LogP contribution in [0.3, 0.4) is 0 Å². The molecular formula is C28H27BrFN3O4. The Labute approximate surface area is 222 Å². The number of hydrogen-bond donors (Lipinski definition) is 0. The fourth-order valence-electron chi connectivity index (χ4n) is 3.76. The maximum absolute atomic E-state index is 13.4. The maximum atomic E-state index is 13.4. The van der Waals surface area contributed by atoms with Crippen LogP contribution < -0.4 is 19.8 Å². The number of ether oxygens (including phenoxy) is 3. The van der Waals surface area contributed by atoms with Gasteiger partial charge in [-0.3, -0.25) is 4.79 Å². The van der Waals surface area contributed by atoms with E-state index in [2.05, 4.69) is 21.0 Å². The Hall–Kier alpha value is -3.72. The van der Waals surface area contributed by atoms with Gasteiger partial charge in [-0.1, -0.05) is 41.9 Å². The first-order chi connectivity index (χ1) is 17.8. The highest BCUT2D eigenvalue weighted by molar-refractivity contribution is 9.10. The van der Waals surface area contributed by atoms with Crippen molar-refractivity contribution in [2.75, 3.05) is 14.2 Å². The van der Waals surface area contributed by atoms with Crippen molar-refractivity contribution in [1.82, 2.24) is 9.66 Å². The number of benzene rings is 3. The lowest BCUT2D eigenvalue weighted by atomic mass is 10.1. The molecule has 3 aromatic carbocycles. The number of halogens is 2. The van der Waals surface area contributed by atoms with Gasteiger partial charge in [0, 0.05) is 16.0 Å². The first-order valence-corrected chi connectivity index (χ1v) is 12.5. The number of aromatic nitrogens is 2. The monoisotopic (exact) mass is 567 g/mol. The van der Waals surface area contributed by atoms with E-state index >= 15 is 0 Å². The average Bonchev–Trinajstić information content (AvgIpc) is 2.91. The lowest BCUT2D eigenvalue weighted by Crippen LogP contribution is -2.23. The zero-order chi connectivity index (χ0) is 26.5. The molecule has 0 aliphatic rings. The summed E-state index contributed by atoms with van der Waals surface area (Å²) in [6.07, 6.45) is 2.36. The third kappa shape index (κ3) is 5.83. The molecule has 0 saturated heterocycles. The highest BCUT2D eigenvalue weighted by Gasteiger charge is 2.17. The molecule has 0 aliphatic carbocycles. The normalized spacial score (nSPS) is 12.2. The zero-order valence-corrected chi connectivity index (χ0v) is 22.6. The molecule has 4 aromatic rings. The van der Waals surface area contributed by atoms with Crippen LogP contribution >= 0.6 is 15.9 Å². The van der Waals surface area contributed by atoms with E-state index in [1.165, 1.54) is 31.0 Å². The molecule has 4 rings (SSSR count). The summed E-state index contributed by atoms with van der Waals surface area (Å²) in [5, 5.41) is 4.99. The van der Waals surface area contributed by atoms with E-state index in [1.807, 2.05) is 26.0 Å². The van der Waals surface area contributed by atoms with Crippen LogP contribution in [0.15, 0.2) is 69.0 Å². The van der Waals surface area contributed by atoms with Gasteiger partial charge in [0.2, 0.25) is 5.75 Å². The zero-order valence-electron chi connectivity index (χ0n) is 21.0. The predicted molar refractivity (Wildman–Crippen MR) is 146 cm³/mol. The predicted octanol–water partition coefficient (Wildman–Crippen LogP) is 6.29. The van der Waals surface area contributed by atoms with Crippen molar-refractivity contribution >= 4 is 33.0 Å². The van der Waals surface area contributed by atoms with E-state index in [-0.39, 0.29) is 23.9 Å². The highest BCUT2D eigenvalue weighted by Crippen LogP contribution is 2.38. The van der Waals surface area contributed by atoms with Crippen LogP contribution in [0.25, 0.3) is 10.9 Å². The van der Waals surface area contributed by atoms with Crippen LogP contribution in [0.2, 0.25) is 0 Å². The van der Waals surface area contributed by atoms with E-state index in [1.54, 1.807) is 36.5 Å². The molecular weight excluding hydrogens is 541 g/mol. The number of fused-ring (bicyclic) bond motifs is 1. The van der Waals surface area contributed by atoms with Crippen LogP contribution in [-0.2, 0) is 6.61 Å². The maximum Gasteiger partial charge on any atom is 0.282 e. The third-order valence-electron chi connectivity index (χ3n) is 5.99. The fourth-order valence-corrected chi connectivity index (χ4v) is 4.12. The average molecular weight is 568 g/mol. The van der Waals surface area contributed by atoms with Gasteiger partial charge in [0.1, 0.15) is 18.2 Å². The summed E-state index contributed by atoms with van der Waals surface area (Å²) in [4.78, 5) is 18.1. The summed E-state index contributed by atoms with van der Waals surface area (Å²) < 4.78 is 32.4. The second kappa shape index (κ2) is 11.6. The third-order valence-corrected chi connectivity index (χ3v) is 6.48. The summed E-state index contributed by atoms with van der Waals surface area (Å²) in [5.41, 5.74) is 1.81. The summed E-state index contributed by atoms with van der Waals surface area (Å²) in [6.45, 7) is 4.25. The molecule has 1 heterocycles. The van der Waals surface area contributed by atoms with Gasteiger partial charge in [-0.25, -0.2) is 9.37 Å². The van der Waals surface area contributed by atoms with E-state index in [4.69, 9.17) is 19.2 Å². The molecule has 0 spiro atoms. The van der Waals surface area contributed by atoms with E-state index in [0.717, 1.165) is 16.5 Å². The summed E-state index contributed by atoms with van der Waals surface area (Å²) in [7, 11) is 3.05. The van der Waals surface area contributed by atoms with Gasteiger partial charge in [-0.2, -0.15) is 9.78 Å². The van der Waals surface area contributed by atoms with E-state index in [0.29, 0.717) is 39.5 Å². The second-order valence-corrected chi connectivity index (χ2v) is 9.39. The van der Waals surface area contributed by atoms with Gasteiger partial charge in [0.25, 0.3) is 5.56 Å². The van der Waals surface area contributed by atoms with Gasteiger partial charge in [-0.05, 0) is 54.4 Å². The van der Waals surface area contributed by atoms with E-state index < -0.39 is 0 Å². The summed E-state index contributed by atoms with van der Waals surface area (Å²) in [6, 6.07) is 15.0. The van der Waals surface area contributed by atoms with Crippen molar-refractivity contribution in [3.8, 4) is 17.2 Å². The van der Waals surface area contributed by atoms with Crippen molar-refractivity contribution in [1.29, 1.82) is 0 Å². The molecule has 0 amide bonds. The number of nitrogens with zero attached hydrogens (tertiary/aromatic N) is 3. The van der Waals surface area contributed by atoms with Crippen molar-refractivity contribution in [3.63, 3.8) is 0 Å². The molecule has 0 fully saturated rings. The van der Waals surface area contributed by atoms with Gasteiger partial charge < -0.3 is 14.2 Å². The van der Waals surface area contributed by atoms with Crippen LogP contribution in [0.5, 0.6) is 17.2 Å². The molecule has 192 valence electrons. The largest absolute Gasteiger partial charge is 0.493 e. The molecule has 0 radical (unpaired) electrons. The lowest BCUT2D eigenvalue weighted by Gasteiger charge is -2.16. The minimum atomic E-state index is -0.313. The van der Waals surface area contributed by atoms with Crippen molar-refractivity contribution in [3.05, 3.63) is 92.2 Å². The molecule has 0 bridgehead atoms. The van der Waals surface area contributed by atoms with Crippen LogP contribution in [0.4, 0.5) is 4.39 Å². The van der Waals surface area contributed by atoms with Crippen molar-refractivity contribution in [2.24, 2.45) is 5.10 Å². The Morgan fingerprint density at radius 3 is 2.38 bits per heavy atom. The molecule has 9 heteroatoms. The quantitative estimate of drug-likeness (QED) is 0.222. The van der Waals surface area contributed by atoms with E-state index in [9.17, 15) is 9.18 Å². The number of methoxy groups -OCH3 is 2. The highest BCUT2D eigenvalue weighted by atomic mass is 79.9. The number of rotatable bonds is 9. The second-order valence-electron chi connectivity index (χ2n) is 8.47. The molecule has 0 saturated carbocycles. The fraction of sp³-hybridized carbons (Fsp3) is 0.250. The topological polar surface area (TPSA) is 74.9 Å². The first-order valence-electron chi connectivity index (χ1n) is 11.7. The summed E-state index contributed by atoms with van der Waals surface area (Å²) in [5.74, 6) is 1.55.